The predicted molar refractivity (Wildman–Crippen MR) is 64.6 cm³/mol. The van der Waals surface area contributed by atoms with E-state index in [0.717, 1.165) is 32.4 Å². The number of esters is 1. The van der Waals surface area contributed by atoms with Gasteiger partial charge in [-0.2, -0.15) is 0 Å². The molecule has 1 N–H and O–H groups in total. The smallest absolute Gasteiger partial charge is 0.328 e. The number of rotatable bonds is 4. The van der Waals surface area contributed by atoms with E-state index in [1.54, 1.807) is 4.90 Å². The highest BCUT2D eigenvalue weighted by Gasteiger charge is 2.29. The average molecular weight is 242 g/mol. The summed E-state index contributed by atoms with van der Waals surface area (Å²) < 4.78 is 4.73. The van der Waals surface area contributed by atoms with Crippen molar-refractivity contribution >= 4 is 12.0 Å². The highest BCUT2D eigenvalue weighted by atomic mass is 16.5. The van der Waals surface area contributed by atoms with E-state index < -0.39 is 6.04 Å². The lowest BCUT2D eigenvalue weighted by Gasteiger charge is -2.25. The number of ether oxygens (including phenoxy) is 1. The Morgan fingerprint density at radius 3 is 2.41 bits per heavy atom. The zero-order valence-electron chi connectivity index (χ0n) is 10.9. The van der Waals surface area contributed by atoms with E-state index in [2.05, 4.69) is 5.32 Å². The molecule has 0 aromatic heterocycles. The van der Waals surface area contributed by atoms with Gasteiger partial charge in [0.2, 0.25) is 0 Å². The van der Waals surface area contributed by atoms with Gasteiger partial charge in [-0.1, -0.05) is 20.3 Å². The number of amides is 2. The van der Waals surface area contributed by atoms with Gasteiger partial charge in [0.05, 0.1) is 7.11 Å². The highest BCUT2D eigenvalue weighted by molar-refractivity contribution is 5.83. The van der Waals surface area contributed by atoms with Crippen LogP contribution in [-0.2, 0) is 9.53 Å². The standard InChI is InChI=1S/C12H22N2O3/c1-4-9(2)10(11(15)17-3)13-12(16)14-7-5-6-8-14/h9-10H,4-8H2,1-3H3,(H,13,16)/t9-,10-/m1/s1. The highest BCUT2D eigenvalue weighted by Crippen LogP contribution is 2.12. The van der Waals surface area contributed by atoms with Crippen LogP contribution in [0.25, 0.3) is 0 Å². The SMILES string of the molecule is CC[C@@H](C)[C@@H](NC(=O)N1CCCC1)C(=O)OC. The van der Waals surface area contributed by atoms with E-state index in [1.165, 1.54) is 7.11 Å². The normalized spacial score (nSPS) is 18.6. The zero-order valence-corrected chi connectivity index (χ0v) is 10.9. The lowest BCUT2D eigenvalue weighted by molar-refractivity contribution is -0.144. The minimum absolute atomic E-state index is 0.0778. The summed E-state index contributed by atoms with van der Waals surface area (Å²) in [7, 11) is 1.35. The lowest BCUT2D eigenvalue weighted by atomic mass is 9.99. The summed E-state index contributed by atoms with van der Waals surface area (Å²) in [6.45, 7) is 5.48. The molecule has 1 heterocycles. The van der Waals surface area contributed by atoms with Crippen LogP contribution in [0.15, 0.2) is 0 Å². The van der Waals surface area contributed by atoms with Crippen molar-refractivity contribution in [2.75, 3.05) is 20.2 Å². The molecule has 2 atom stereocenters. The summed E-state index contributed by atoms with van der Waals surface area (Å²) >= 11 is 0. The van der Waals surface area contributed by atoms with Crippen LogP contribution in [0.3, 0.4) is 0 Å². The van der Waals surface area contributed by atoms with Gasteiger partial charge in [-0.05, 0) is 18.8 Å². The molecule has 0 radical (unpaired) electrons. The minimum atomic E-state index is -0.543. The molecule has 5 nitrogen and oxygen atoms in total. The first-order chi connectivity index (χ1) is 8.10. The topological polar surface area (TPSA) is 58.6 Å². The van der Waals surface area contributed by atoms with E-state index >= 15 is 0 Å². The maximum atomic E-state index is 11.9. The summed E-state index contributed by atoms with van der Waals surface area (Å²) in [5.41, 5.74) is 0. The summed E-state index contributed by atoms with van der Waals surface area (Å²) in [6, 6.07) is -0.698. The van der Waals surface area contributed by atoms with E-state index in [0.29, 0.717) is 0 Å². The van der Waals surface area contributed by atoms with Crippen molar-refractivity contribution in [3.8, 4) is 0 Å². The van der Waals surface area contributed by atoms with Gasteiger partial charge >= 0.3 is 12.0 Å². The Morgan fingerprint density at radius 2 is 1.94 bits per heavy atom. The Kier molecular flexibility index (Phi) is 5.25. The van der Waals surface area contributed by atoms with Gasteiger partial charge in [-0.3, -0.25) is 0 Å². The van der Waals surface area contributed by atoms with Crippen LogP contribution in [0.2, 0.25) is 0 Å². The van der Waals surface area contributed by atoms with Crippen molar-refractivity contribution in [2.24, 2.45) is 5.92 Å². The van der Waals surface area contributed by atoms with Gasteiger partial charge in [0.25, 0.3) is 0 Å². The number of methoxy groups -OCH3 is 1. The number of hydrogen-bond donors (Lipinski definition) is 1. The molecule has 5 heteroatoms. The second-order valence-electron chi connectivity index (χ2n) is 4.53. The second-order valence-corrected chi connectivity index (χ2v) is 4.53. The van der Waals surface area contributed by atoms with Crippen LogP contribution >= 0.6 is 0 Å². The second kappa shape index (κ2) is 6.47. The van der Waals surface area contributed by atoms with Crippen LogP contribution in [0.4, 0.5) is 4.79 Å². The van der Waals surface area contributed by atoms with Crippen molar-refractivity contribution in [3.63, 3.8) is 0 Å². The zero-order chi connectivity index (χ0) is 12.8. The maximum Gasteiger partial charge on any atom is 0.328 e. The molecule has 0 aliphatic carbocycles. The monoisotopic (exact) mass is 242 g/mol. The van der Waals surface area contributed by atoms with E-state index in [4.69, 9.17) is 4.74 Å². The Balaban J connectivity index is 2.58. The Labute approximate surface area is 102 Å². The Bertz CT molecular complexity index is 275. The first kappa shape index (κ1) is 13.8. The van der Waals surface area contributed by atoms with Crippen molar-refractivity contribution in [1.82, 2.24) is 10.2 Å². The van der Waals surface area contributed by atoms with Crippen molar-refractivity contribution in [1.29, 1.82) is 0 Å². The van der Waals surface area contributed by atoms with Gasteiger partial charge in [-0.15, -0.1) is 0 Å². The first-order valence-corrected chi connectivity index (χ1v) is 6.23. The van der Waals surface area contributed by atoms with Crippen molar-refractivity contribution in [2.45, 2.75) is 39.2 Å². The number of urea groups is 1. The number of hydrogen-bond acceptors (Lipinski definition) is 3. The third-order valence-electron chi connectivity index (χ3n) is 3.34. The summed E-state index contributed by atoms with van der Waals surface area (Å²) in [5, 5.41) is 2.77. The molecule has 0 aromatic carbocycles. The molecule has 0 aromatic rings. The fraction of sp³-hybridized carbons (Fsp3) is 0.833. The van der Waals surface area contributed by atoms with Gasteiger partial charge in [0.15, 0.2) is 0 Å². The molecule has 1 aliphatic rings. The number of nitrogens with zero attached hydrogens (tertiary/aromatic N) is 1. The number of likely N-dealkylation sites (tertiary alicyclic amines) is 1. The summed E-state index contributed by atoms with van der Waals surface area (Å²) in [4.78, 5) is 25.3. The van der Waals surface area contributed by atoms with Gasteiger partial charge in [0, 0.05) is 13.1 Å². The lowest BCUT2D eigenvalue weighted by Crippen LogP contribution is -2.50. The first-order valence-electron chi connectivity index (χ1n) is 6.23. The molecule has 0 unspecified atom stereocenters. The van der Waals surface area contributed by atoms with Crippen LogP contribution in [0.1, 0.15) is 33.1 Å². The number of carbonyl (C=O) groups excluding carboxylic acids is 2. The largest absolute Gasteiger partial charge is 0.467 e. The molecule has 0 spiro atoms. The van der Waals surface area contributed by atoms with Crippen LogP contribution < -0.4 is 5.32 Å². The maximum absolute atomic E-state index is 11.9. The van der Waals surface area contributed by atoms with Crippen LogP contribution in [-0.4, -0.2) is 43.1 Å². The van der Waals surface area contributed by atoms with Crippen LogP contribution in [0, 0.1) is 5.92 Å². The fourth-order valence-electron chi connectivity index (χ4n) is 1.94. The quantitative estimate of drug-likeness (QED) is 0.758. The number of carbonyl (C=O) groups is 2. The molecule has 1 saturated heterocycles. The molecule has 0 saturated carbocycles. The molecule has 2 amide bonds. The Hall–Kier alpha value is -1.26. The predicted octanol–water partition coefficient (Wildman–Crippen LogP) is 1.38. The molecule has 1 rings (SSSR count). The minimum Gasteiger partial charge on any atom is -0.467 e. The van der Waals surface area contributed by atoms with E-state index in [1.807, 2.05) is 13.8 Å². The van der Waals surface area contributed by atoms with Gasteiger partial charge in [-0.25, -0.2) is 9.59 Å². The molecule has 98 valence electrons. The summed E-state index contributed by atoms with van der Waals surface area (Å²) in [6.07, 6.45) is 2.90. The molecule has 0 bridgehead atoms. The fourth-order valence-corrected chi connectivity index (χ4v) is 1.94. The van der Waals surface area contributed by atoms with E-state index in [-0.39, 0.29) is 17.9 Å². The van der Waals surface area contributed by atoms with Gasteiger partial charge in [0.1, 0.15) is 6.04 Å². The summed E-state index contributed by atoms with van der Waals surface area (Å²) in [5.74, 6) is -0.291. The molecule has 1 aliphatic heterocycles. The van der Waals surface area contributed by atoms with Crippen LogP contribution in [0.5, 0.6) is 0 Å². The Morgan fingerprint density at radius 1 is 1.35 bits per heavy atom. The van der Waals surface area contributed by atoms with Gasteiger partial charge < -0.3 is 15.0 Å². The molecular weight excluding hydrogens is 220 g/mol. The third-order valence-corrected chi connectivity index (χ3v) is 3.34. The van der Waals surface area contributed by atoms with Crippen molar-refractivity contribution in [3.05, 3.63) is 0 Å². The average Bonchev–Trinajstić information content (AvgIpc) is 2.87. The van der Waals surface area contributed by atoms with E-state index in [9.17, 15) is 9.59 Å². The molecule has 1 fully saturated rings. The molecule has 17 heavy (non-hydrogen) atoms. The van der Waals surface area contributed by atoms with Crippen molar-refractivity contribution < 1.29 is 14.3 Å². The number of nitrogens with one attached hydrogen (secondary N) is 1. The molecular formula is C12H22N2O3. The third kappa shape index (κ3) is 3.61.